The van der Waals surface area contributed by atoms with E-state index in [9.17, 15) is 9.59 Å². The molecule has 0 saturated carbocycles. The number of anilines is 1. The average Bonchev–Trinajstić information content (AvgIpc) is 2.94. The summed E-state index contributed by atoms with van der Waals surface area (Å²) in [5, 5.41) is 9.65. The monoisotopic (exact) mass is 345 g/mol. The van der Waals surface area contributed by atoms with Crippen molar-refractivity contribution in [2.75, 3.05) is 25.5 Å². The topological polar surface area (TPSA) is 111 Å². The van der Waals surface area contributed by atoms with Gasteiger partial charge in [0.1, 0.15) is 5.75 Å². The van der Waals surface area contributed by atoms with Gasteiger partial charge in [0.05, 0.1) is 12.7 Å². The van der Waals surface area contributed by atoms with E-state index in [-0.39, 0.29) is 11.8 Å². The van der Waals surface area contributed by atoms with E-state index in [0.29, 0.717) is 42.2 Å². The van der Waals surface area contributed by atoms with Gasteiger partial charge in [-0.1, -0.05) is 0 Å². The van der Waals surface area contributed by atoms with Gasteiger partial charge in [0, 0.05) is 25.0 Å². The van der Waals surface area contributed by atoms with Gasteiger partial charge in [-0.3, -0.25) is 14.3 Å². The van der Waals surface area contributed by atoms with Crippen LogP contribution in [0.15, 0.2) is 24.3 Å². The lowest BCUT2D eigenvalue weighted by molar-refractivity contribution is 0.0949. The second kappa shape index (κ2) is 8.29. The minimum atomic E-state index is -0.344. The average molecular weight is 345 g/mol. The predicted octanol–water partition coefficient (Wildman–Crippen LogP) is 1.07. The molecule has 0 aliphatic rings. The number of nitrogens with one attached hydrogen (secondary N) is 2. The van der Waals surface area contributed by atoms with E-state index in [2.05, 4.69) is 15.7 Å². The molecular weight excluding hydrogens is 322 g/mol. The van der Waals surface area contributed by atoms with E-state index in [1.54, 1.807) is 36.0 Å². The van der Waals surface area contributed by atoms with Gasteiger partial charge < -0.3 is 21.1 Å². The molecule has 2 aromatic rings. The fraction of sp³-hybridized carbons (Fsp3) is 0.353. The van der Waals surface area contributed by atoms with Crippen molar-refractivity contribution in [1.82, 2.24) is 15.1 Å². The van der Waals surface area contributed by atoms with Crippen LogP contribution in [0, 0.1) is 6.92 Å². The molecule has 25 heavy (non-hydrogen) atoms. The summed E-state index contributed by atoms with van der Waals surface area (Å²) in [5.74, 6) is -0.199. The van der Waals surface area contributed by atoms with Crippen LogP contribution in [0.3, 0.4) is 0 Å². The Morgan fingerprint density at radius 1 is 1.28 bits per heavy atom. The molecule has 0 unspecified atom stereocenters. The molecule has 1 aromatic heterocycles. The van der Waals surface area contributed by atoms with E-state index in [0.717, 1.165) is 5.69 Å². The van der Waals surface area contributed by atoms with Gasteiger partial charge in [0.15, 0.2) is 5.69 Å². The van der Waals surface area contributed by atoms with Crippen LogP contribution in [0.2, 0.25) is 0 Å². The third-order valence-corrected chi connectivity index (χ3v) is 3.71. The van der Waals surface area contributed by atoms with E-state index in [1.165, 1.54) is 7.11 Å². The van der Waals surface area contributed by atoms with Gasteiger partial charge in [-0.25, -0.2) is 0 Å². The van der Waals surface area contributed by atoms with Gasteiger partial charge in [-0.2, -0.15) is 5.10 Å². The van der Waals surface area contributed by atoms with Gasteiger partial charge in [-0.15, -0.1) is 0 Å². The number of methoxy groups -OCH3 is 1. The van der Waals surface area contributed by atoms with Crippen LogP contribution in [-0.2, 0) is 7.05 Å². The van der Waals surface area contributed by atoms with Crippen LogP contribution in [0.5, 0.6) is 5.75 Å². The summed E-state index contributed by atoms with van der Waals surface area (Å²) >= 11 is 0. The van der Waals surface area contributed by atoms with Crippen LogP contribution in [-0.4, -0.2) is 41.8 Å². The lowest BCUT2D eigenvalue weighted by Gasteiger charge is -2.11. The second-order valence-corrected chi connectivity index (χ2v) is 5.56. The zero-order chi connectivity index (χ0) is 18.4. The minimum Gasteiger partial charge on any atom is -0.496 e. The Hall–Kier alpha value is -2.87. The van der Waals surface area contributed by atoms with Crippen LogP contribution in [0.25, 0.3) is 0 Å². The fourth-order valence-electron chi connectivity index (χ4n) is 2.23. The molecule has 2 amide bonds. The van der Waals surface area contributed by atoms with Crippen molar-refractivity contribution in [3.05, 3.63) is 41.2 Å². The zero-order valence-corrected chi connectivity index (χ0v) is 14.6. The Balaban J connectivity index is 2.17. The summed E-state index contributed by atoms with van der Waals surface area (Å²) in [4.78, 5) is 24.6. The maximum absolute atomic E-state index is 12.3. The SMILES string of the molecule is COc1ccc(NC(=O)c2cc(C)n(C)n2)cc1C(=O)NCCCN. The summed E-state index contributed by atoms with van der Waals surface area (Å²) in [6, 6.07) is 6.57. The highest BCUT2D eigenvalue weighted by Gasteiger charge is 2.15. The van der Waals surface area contributed by atoms with Crippen LogP contribution >= 0.6 is 0 Å². The number of aryl methyl sites for hydroxylation is 2. The van der Waals surface area contributed by atoms with Gasteiger partial charge in [-0.05, 0) is 44.2 Å². The van der Waals surface area contributed by atoms with Crippen LogP contribution in [0.4, 0.5) is 5.69 Å². The number of hydrogen-bond donors (Lipinski definition) is 3. The summed E-state index contributed by atoms with van der Waals surface area (Å²) in [6.07, 6.45) is 0.684. The van der Waals surface area contributed by atoms with Crippen molar-refractivity contribution in [1.29, 1.82) is 0 Å². The zero-order valence-electron chi connectivity index (χ0n) is 14.6. The number of nitrogens with zero attached hydrogens (tertiary/aromatic N) is 2. The van der Waals surface area contributed by atoms with Gasteiger partial charge >= 0.3 is 0 Å². The highest BCUT2D eigenvalue weighted by Crippen LogP contribution is 2.23. The van der Waals surface area contributed by atoms with Crippen molar-refractivity contribution in [3.63, 3.8) is 0 Å². The fourth-order valence-corrected chi connectivity index (χ4v) is 2.23. The van der Waals surface area contributed by atoms with Crippen molar-refractivity contribution < 1.29 is 14.3 Å². The third-order valence-electron chi connectivity index (χ3n) is 3.71. The molecule has 0 bridgehead atoms. The number of ether oxygens (including phenoxy) is 1. The maximum atomic E-state index is 12.3. The number of hydrogen-bond acceptors (Lipinski definition) is 5. The van der Waals surface area contributed by atoms with Crippen LogP contribution < -0.4 is 21.1 Å². The molecule has 1 heterocycles. The third kappa shape index (κ3) is 4.57. The van der Waals surface area contributed by atoms with Gasteiger partial charge in [0.2, 0.25) is 0 Å². The summed E-state index contributed by atoms with van der Waals surface area (Å²) in [5.41, 5.74) is 7.44. The summed E-state index contributed by atoms with van der Waals surface area (Å²) < 4.78 is 6.85. The second-order valence-electron chi connectivity index (χ2n) is 5.56. The Kier molecular flexibility index (Phi) is 6.13. The number of benzene rings is 1. The van der Waals surface area contributed by atoms with Crippen molar-refractivity contribution in [2.24, 2.45) is 12.8 Å². The quantitative estimate of drug-likeness (QED) is 0.650. The maximum Gasteiger partial charge on any atom is 0.276 e. The number of carbonyl (C=O) groups is 2. The summed E-state index contributed by atoms with van der Waals surface area (Å²) in [7, 11) is 3.25. The van der Waals surface area contributed by atoms with E-state index in [4.69, 9.17) is 10.5 Å². The molecule has 0 aliphatic carbocycles. The standard InChI is InChI=1S/C17H23N5O3/c1-11-9-14(21-22(11)2)17(24)20-12-5-6-15(25-3)13(10-12)16(23)19-8-4-7-18/h5-6,9-10H,4,7-8,18H2,1-3H3,(H,19,23)(H,20,24). The van der Waals surface area contributed by atoms with Crippen molar-refractivity contribution in [3.8, 4) is 5.75 Å². The molecule has 0 spiro atoms. The summed E-state index contributed by atoms with van der Waals surface area (Å²) in [6.45, 7) is 2.83. The Morgan fingerprint density at radius 2 is 2.04 bits per heavy atom. The lowest BCUT2D eigenvalue weighted by Crippen LogP contribution is -2.26. The predicted molar refractivity (Wildman–Crippen MR) is 94.9 cm³/mol. The Bertz CT molecular complexity index is 750. The smallest absolute Gasteiger partial charge is 0.276 e. The van der Waals surface area contributed by atoms with Gasteiger partial charge in [0.25, 0.3) is 11.8 Å². The molecule has 1 aromatic carbocycles. The first-order chi connectivity index (χ1) is 12.0. The molecule has 0 saturated heterocycles. The number of nitrogens with two attached hydrogens (primary N) is 1. The Morgan fingerprint density at radius 3 is 2.64 bits per heavy atom. The van der Waals surface area contributed by atoms with E-state index >= 15 is 0 Å². The highest BCUT2D eigenvalue weighted by atomic mass is 16.5. The number of rotatable bonds is 7. The van der Waals surface area contributed by atoms with Crippen LogP contribution in [0.1, 0.15) is 33.0 Å². The van der Waals surface area contributed by atoms with E-state index < -0.39 is 0 Å². The minimum absolute atomic E-state index is 0.282. The first-order valence-corrected chi connectivity index (χ1v) is 7.94. The number of aromatic nitrogens is 2. The Labute approximate surface area is 146 Å². The van der Waals surface area contributed by atoms with Crippen molar-refractivity contribution >= 4 is 17.5 Å². The largest absolute Gasteiger partial charge is 0.496 e. The first-order valence-electron chi connectivity index (χ1n) is 7.94. The molecule has 8 heteroatoms. The highest BCUT2D eigenvalue weighted by molar-refractivity contribution is 6.04. The molecule has 0 radical (unpaired) electrons. The number of carbonyl (C=O) groups excluding carboxylic acids is 2. The molecule has 0 aliphatic heterocycles. The normalized spacial score (nSPS) is 10.4. The lowest BCUT2D eigenvalue weighted by atomic mass is 10.1. The molecule has 134 valence electrons. The first kappa shape index (κ1) is 18.5. The molecule has 0 atom stereocenters. The molecule has 8 nitrogen and oxygen atoms in total. The van der Waals surface area contributed by atoms with Crippen molar-refractivity contribution in [2.45, 2.75) is 13.3 Å². The molecule has 0 fully saturated rings. The van der Waals surface area contributed by atoms with E-state index in [1.807, 2.05) is 6.92 Å². The molecule has 2 rings (SSSR count). The molecular formula is C17H23N5O3. The number of amides is 2. The molecule has 4 N–H and O–H groups in total.